The average Bonchev–Trinajstić information content (AvgIpc) is 2.60. The third-order valence-electron chi connectivity index (χ3n) is 4.53. The SMILES string of the molecule is COC(OC)[SiH2]CCCCCCCCOc1ccc(O)cc1[P+](C)(C)C.[Br-]. The molecule has 1 aromatic rings. The number of halogens is 1. The van der Waals surface area contributed by atoms with Crippen LogP contribution in [0.5, 0.6) is 11.5 Å². The zero-order valence-corrected chi connectivity index (χ0v) is 21.6. The van der Waals surface area contributed by atoms with E-state index in [0.717, 1.165) is 18.8 Å². The Morgan fingerprint density at radius 3 is 2.15 bits per heavy atom. The Bertz CT molecular complexity index is 507. The first-order valence-electron chi connectivity index (χ1n) is 9.72. The van der Waals surface area contributed by atoms with Crippen LogP contribution in [0.25, 0.3) is 0 Å². The highest BCUT2D eigenvalue weighted by molar-refractivity contribution is 7.81. The molecule has 1 N–H and O–H groups in total. The second-order valence-corrected chi connectivity index (χ2v) is 14.1. The summed E-state index contributed by atoms with van der Waals surface area (Å²) in [7, 11) is 1.99. The molecule has 0 amide bonds. The molecule has 1 rings (SSSR count). The molecule has 0 saturated heterocycles. The van der Waals surface area contributed by atoms with E-state index in [-0.39, 0.29) is 32.4 Å². The lowest BCUT2D eigenvalue weighted by atomic mass is 10.1. The van der Waals surface area contributed by atoms with E-state index in [0.29, 0.717) is 5.75 Å². The van der Waals surface area contributed by atoms with Crippen LogP contribution in [0.1, 0.15) is 38.5 Å². The van der Waals surface area contributed by atoms with Crippen LogP contribution in [0.3, 0.4) is 0 Å². The van der Waals surface area contributed by atoms with Gasteiger partial charge >= 0.3 is 0 Å². The second-order valence-electron chi connectivity index (χ2n) is 7.68. The highest BCUT2D eigenvalue weighted by Gasteiger charge is 2.26. The first-order chi connectivity index (χ1) is 12.4. The van der Waals surface area contributed by atoms with Crippen molar-refractivity contribution in [3.63, 3.8) is 0 Å². The summed E-state index contributed by atoms with van der Waals surface area (Å²) in [4.78, 5) is 0. The number of phenols is 1. The Hall–Kier alpha value is -0.133. The van der Waals surface area contributed by atoms with Gasteiger partial charge in [0.1, 0.15) is 17.0 Å². The predicted molar refractivity (Wildman–Crippen MR) is 117 cm³/mol. The summed E-state index contributed by atoms with van der Waals surface area (Å²) in [5, 5.41) is 10.9. The number of hydrogen-bond acceptors (Lipinski definition) is 4. The Morgan fingerprint density at radius 1 is 0.963 bits per heavy atom. The Kier molecular flexibility index (Phi) is 14.7. The Labute approximate surface area is 179 Å². The van der Waals surface area contributed by atoms with Gasteiger partial charge in [0.25, 0.3) is 0 Å². The van der Waals surface area contributed by atoms with Crippen molar-refractivity contribution in [3.8, 4) is 11.5 Å². The minimum atomic E-state index is -1.22. The molecule has 0 radical (unpaired) electrons. The lowest BCUT2D eigenvalue weighted by Crippen LogP contribution is -3.00. The van der Waals surface area contributed by atoms with Crippen LogP contribution >= 0.6 is 7.26 Å². The number of ether oxygens (including phenoxy) is 3. The van der Waals surface area contributed by atoms with E-state index in [1.807, 2.05) is 12.1 Å². The van der Waals surface area contributed by atoms with Crippen LogP contribution in [-0.2, 0) is 9.47 Å². The average molecular weight is 481 g/mol. The number of rotatable bonds is 14. The summed E-state index contributed by atoms with van der Waals surface area (Å²) < 4.78 is 16.5. The molecule has 0 heterocycles. The van der Waals surface area contributed by atoms with Gasteiger partial charge in [-0.05, 0) is 18.6 Å². The van der Waals surface area contributed by atoms with Crippen molar-refractivity contribution in [2.45, 2.75) is 50.5 Å². The summed E-state index contributed by atoms with van der Waals surface area (Å²) in [6.45, 7) is 7.50. The molecule has 0 saturated carbocycles. The van der Waals surface area contributed by atoms with Crippen LogP contribution in [0.2, 0.25) is 6.04 Å². The van der Waals surface area contributed by atoms with Gasteiger partial charge in [-0.1, -0.05) is 38.1 Å². The fraction of sp³-hybridized carbons (Fsp3) is 0.700. The molecule has 0 bridgehead atoms. The normalized spacial score (nSPS) is 11.9. The number of phenolic OH excluding ortho intramolecular Hbond substituents is 1. The van der Waals surface area contributed by atoms with Crippen molar-refractivity contribution in [3.05, 3.63) is 18.2 Å². The Balaban J connectivity index is 0.00000676. The quantitative estimate of drug-likeness (QED) is 0.185. The van der Waals surface area contributed by atoms with Gasteiger partial charge in [0, 0.05) is 27.5 Å². The minimum Gasteiger partial charge on any atom is -1.00 e. The van der Waals surface area contributed by atoms with Gasteiger partial charge in [-0.15, -0.1) is 0 Å². The van der Waals surface area contributed by atoms with Crippen LogP contribution in [0.4, 0.5) is 0 Å². The molecule has 0 aromatic heterocycles. The number of hydrogen-bond donors (Lipinski definition) is 1. The van der Waals surface area contributed by atoms with Gasteiger partial charge in [-0.3, -0.25) is 0 Å². The molecule has 0 aliphatic heterocycles. The van der Waals surface area contributed by atoms with Crippen molar-refractivity contribution >= 4 is 22.1 Å². The van der Waals surface area contributed by atoms with Crippen LogP contribution < -0.4 is 27.0 Å². The third-order valence-corrected chi connectivity index (χ3v) is 8.37. The third kappa shape index (κ3) is 11.5. The van der Waals surface area contributed by atoms with Gasteiger partial charge in [0.15, 0.2) is 5.75 Å². The predicted octanol–water partition coefficient (Wildman–Crippen LogP) is 0.811. The maximum atomic E-state index is 9.74. The first-order valence-corrected chi connectivity index (χ1v) is 14.7. The van der Waals surface area contributed by atoms with E-state index >= 15 is 0 Å². The molecule has 4 nitrogen and oxygen atoms in total. The van der Waals surface area contributed by atoms with E-state index in [1.54, 1.807) is 20.3 Å². The van der Waals surface area contributed by atoms with Crippen molar-refractivity contribution in [2.24, 2.45) is 0 Å². The van der Waals surface area contributed by atoms with Crippen molar-refractivity contribution in [2.75, 3.05) is 40.8 Å². The molecular weight excluding hydrogens is 443 g/mol. The molecule has 0 aliphatic carbocycles. The fourth-order valence-corrected chi connectivity index (χ4v) is 5.73. The molecule has 0 spiro atoms. The summed E-state index contributed by atoms with van der Waals surface area (Å²) >= 11 is 0. The second kappa shape index (κ2) is 14.8. The van der Waals surface area contributed by atoms with E-state index in [1.165, 1.54) is 43.5 Å². The van der Waals surface area contributed by atoms with E-state index in [4.69, 9.17) is 14.2 Å². The van der Waals surface area contributed by atoms with E-state index < -0.39 is 7.26 Å². The molecule has 27 heavy (non-hydrogen) atoms. The summed E-state index contributed by atoms with van der Waals surface area (Å²) in [5.41, 5.74) is 0. The highest BCUT2D eigenvalue weighted by atomic mass is 79.9. The summed E-state index contributed by atoms with van der Waals surface area (Å²) in [5.74, 6) is 1.36. The van der Waals surface area contributed by atoms with Crippen LogP contribution in [0, 0.1) is 0 Å². The van der Waals surface area contributed by atoms with Crippen LogP contribution in [0.15, 0.2) is 18.2 Å². The summed E-state index contributed by atoms with van der Waals surface area (Å²) in [6, 6.07) is 6.79. The molecule has 0 unspecified atom stereocenters. The lowest BCUT2D eigenvalue weighted by Gasteiger charge is -2.17. The lowest BCUT2D eigenvalue weighted by molar-refractivity contribution is -0.0441. The van der Waals surface area contributed by atoms with Gasteiger partial charge in [-0.2, -0.15) is 0 Å². The number of benzene rings is 1. The van der Waals surface area contributed by atoms with Gasteiger partial charge < -0.3 is 36.3 Å². The molecule has 0 atom stereocenters. The van der Waals surface area contributed by atoms with Crippen molar-refractivity contribution < 1.29 is 36.3 Å². The van der Waals surface area contributed by atoms with E-state index in [2.05, 4.69) is 20.0 Å². The molecule has 158 valence electrons. The zero-order valence-electron chi connectivity index (χ0n) is 17.7. The van der Waals surface area contributed by atoms with Gasteiger partial charge in [0.05, 0.1) is 36.1 Å². The monoisotopic (exact) mass is 480 g/mol. The first kappa shape index (κ1) is 26.9. The summed E-state index contributed by atoms with van der Waals surface area (Å²) in [6.07, 6.45) is 7.50. The molecule has 1 aromatic carbocycles. The maximum absolute atomic E-state index is 9.74. The zero-order chi connectivity index (χ0) is 19.4. The topological polar surface area (TPSA) is 47.9 Å². The number of unbranched alkanes of at least 4 members (excludes halogenated alkanes) is 5. The van der Waals surface area contributed by atoms with E-state index in [9.17, 15) is 5.11 Å². The largest absolute Gasteiger partial charge is 1.00 e. The molecule has 0 aliphatic rings. The Morgan fingerprint density at radius 2 is 1.56 bits per heavy atom. The van der Waals surface area contributed by atoms with Gasteiger partial charge in [0.2, 0.25) is 0 Å². The molecule has 0 fully saturated rings. The van der Waals surface area contributed by atoms with Crippen molar-refractivity contribution in [1.29, 1.82) is 0 Å². The smallest absolute Gasteiger partial charge is 0.161 e. The molecular formula is C20H38BrO4PSi. The fourth-order valence-electron chi connectivity index (χ4n) is 2.96. The van der Waals surface area contributed by atoms with Gasteiger partial charge in [-0.25, -0.2) is 0 Å². The highest BCUT2D eigenvalue weighted by Crippen LogP contribution is 2.48. The maximum Gasteiger partial charge on any atom is 0.161 e. The minimum absolute atomic E-state index is 0. The standard InChI is InChI=1S/C20H37O4PSi.BrH/c1-22-20(23-2)26-15-11-9-7-6-8-10-14-24-18-13-12-17(21)16-19(18)25(3,4)5;/h12-13,16,20H,6-11,14-15,26H2,1-5H3;1H. The molecule has 7 heteroatoms. The number of methoxy groups -OCH3 is 2. The van der Waals surface area contributed by atoms with Crippen LogP contribution in [-0.4, -0.2) is 61.4 Å². The van der Waals surface area contributed by atoms with Crippen molar-refractivity contribution in [1.82, 2.24) is 0 Å². The number of aromatic hydroxyl groups is 1.